The van der Waals surface area contributed by atoms with Crippen LogP contribution in [0.5, 0.6) is 0 Å². The molecule has 3 rings (SSSR count). The Kier molecular flexibility index (Phi) is 4.63. The Morgan fingerprint density at radius 2 is 2.04 bits per heavy atom. The summed E-state index contributed by atoms with van der Waals surface area (Å²) >= 11 is 5.91. The summed E-state index contributed by atoms with van der Waals surface area (Å²) in [7, 11) is 0. The molecule has 5 heteroatoms. The van der Waals surface area contributed by atoms with Gasteiger partial charge in [0.25, 0.3) is 5.91 Å². The Hall–Kier alpha value is -2.33. The average molecular weight is 328 g/mol. The van der Waals surface area contributed by atoms with Crippen molar-refractivity contribution in [1.82, 2.24) is 14.9 Å². The quantitative estimate of drug-likeness (QED) is 0.777. The van der Waals surface area contributed by atoms with Crippen LogP contribution < -0.4 is 5.32 Å². The number of aryl methyl sites for hydroxylation is 1. The first-order valence-electron chi connectivity index (χ1n) is 7.67. The SMILES string of the molecule is CCn1c(CCNC(=O)c2cccc(Cl)c2)nc2ccccc21. The Labute approximate surface area is 140 Å². The van der Waals surface area contributed by atoms with Crippen LogP contribution in [0.3, 0.4) is 0 Å². The number of halogens is 1. The number of fused-ring (bicyclic) bond motifs is 1. The molecule has 0 bridgehead atoms. The Bertz CT molecular complexity index is 841. The molecule has 3 aromatic rings. The Morgan fingerprint density at radius 1 is 1.22 bits per heavy atom. The highest BCUT2D eigenvalue weighted by molar-refractivity contribution is 6.30. The molecule has 0 fully saturated rings. The zero-order chi connectivity index (χ0) is 16.2. The third kappa shape index (κ3) is 3.37. The molecule has 0 aliphatic heterocycles. The molecule has 1 aromatic heterocycles. The number of rotatable bonds is 5. The molecule has 118 valence electrons. The first-order chi connectivity index (χ1) is 11.2. The molecule has 4 nitrogen and oxygen atoms in total. The summed E-state index contributed by atoms with van der Waals surface area (Å²) in [5.41, 5.74) is 2.69. The maximum atomic E-state index is 12.1. The van der Waals surface area contributed by atoms with Gasteiger partial charge in [-0.1, -0.05) is 29.8 Å². The monoisotopic (exact) mass is 327 g/mol. The van der Waals surface area contributed by atoms with E-state index < -0.39 is 0 Å². The summed E-state index contributed by atoms with van der Waals surface area (Å²) in [6.07, 6.45) is 0.689. The molecular weight excluding hydrogens is 310 g/mol. The summed E-state index contributed by atoms with van der Waals surface area (Å²) < 4.78 is 2.18. The van der Waals surface area contributed by atoms with Crippen molar-refractivity contribution >= 4 is 28.5 Å². The van der Waals surface area contributed by atoms with E-state index in [1.165, 1.54) is 0 Å². The largest absolute Gasteiger partial charge is 0.352 e. The lowest BCUT2D eigenvalue weighted by molar-refractivity contribution is 0.0954. The lowest BCUT2D eigenvalue weighted by Crippen LogP contribution is -2.26. The van der Waals surface area contributed by atoms with Crippen LogP contribution >= 0.6 is 11.6 Å². The second-order valence-electron chi connectivity index (χ2n) is 5.28. The van der Waals surface area contributed by atoms with Crippen molar-refractivity contribution in [2.45, 2.75) is 19.9 Å². The van der Waals surface area contributed by atoms with E-state index in [9.17, 15) is 4.79 Å². The minimum atomic E-state index is -0.119. The summed E-state index contributed by atoms with van der Waals surface area (Å²) in [5, 5.41) is 3.48. The fraction of sp³-hybridized carbons (Fsp3) is 0.222. The third-order valence-corrected chi connectivity index (χ3v) is 4.01. The van der Waals surface area contributed by atoms with Crippen molar-refractivity contribution in [3.05, 3.63) is 64.9 Å². The molecule has 0 unspecified atom stereocenters. The zero-order valence-electron chi connectivity index (χ0n) is 12.9. The van der Waals surface area contributed by atoms with Gasteiger partial charge >= 0.3 is 0 Å². The maximum absolute atomic E-state index is 12.1. The molecule has 23 heavy (non-hydrogen) atoms. The van der Waals surface area contributed by atoms with Gasteiger partial charge in [-0.2, -0.15) is 0 Å². The number of nitrogens with one attached hydrogen (secondary N) is 1. The van der Waals surface area contributed by atoms with Crippen molar-refractivity contribution in [2.24, 2.45) is 0 Å². The zero-order valence-corrected chi connectivity index (χ0v) is 13.7. The van der Waals surface area contributed by atoms with Gasteiger partial charge in [0.1, 0.15) is 5.82 Å². The number of imidazole rings is 1. The second-order valence-corrected chi connectivity index (χ2v) is 5.71. The van der Waals surface area contributed by atoms with Crippen molar-refractivity contribution < 1.29 is 4.79 Å². The molecule has 0 spiro atoms. The maximum Gasteiger partial charge on any atom is 0.251 e. The number of aromatic nitrogens is 2. The highest BCUT2D eigenvalue weighted by Gasteiger charge is 2.10. The van der Waals surface area contributed by atoms with Gasteiger partial charge < -0.3 is 9.88 Å². The molecule has 1 amide bonds. The highest BCUT2D eigenvalue weighted by Crippen LogP contribution is 2.16. The Morgan fingerprint density at radius 3 is 2.83 bits per heavy atom. The first kappa shape index (κ1) is 15.6. The Balaban J connectivity index is 1.68. The normalized spacial score (nSPS) is 10.9. The summed E-state index contributed by atoms with van der Waals surface area (Å²) in [6, 6.07) is 15.0. The number of amides is 1. The van der Waals surface area contributed by atoms with Crippen LogP contribution in [0.4, 0.5) is 0 Å². The average Bonchev–Trinajstić information content (AvgIpc) is 2.92. The second kappa shape index (κ2) is 6.84. The summed E-state index contributed by atoms with van der Waals surface area (Å²) in [5.74, 6) is 0.867. The molecule has 0 aliphatic rings. The molecule has 1 N–H and O–H groups in total. The smallest absolute Gasteiger partial charge is 0.251 e. The number of carbonyl (C=O) groups is 1. The van der Waals surface area contributed by atoms with E-state index in [0.29, 0.717) is 23.6 Å². The van der Waals surface area contributed by atoms with Crippen LogP contribution in [0.25, 0.3) is 11.0 Å². The fourth-order valence-corrected chi connectivity index (χ4v) is 2.88. The van der Waals surface area contributed by atoms with Gasteiger partial charge in [0, 0.05) is 30.1 Å². The van der Waals surface area contributed by atoms with E-state index in [2.05, 4.69) is 27.9 Å². The highest BCUT2D eigenvalue weighted by atomic mass is 35.5. The van der Waals surface area contributed by atoms with E-state index in [-0.39, 0.29) is 5.91 Å². The van der Waals surface area contributed by atoms with Gasteiger partial charge in [0.2, 0.25) is 0 Å². The predicted octanol–water partition coefficient (Wildman–Crippen LogP) is 3.68. The lowest BCUT2D eigenvalue weighted by atomic mass is 10.2. The van der Waals surface area contributed by atoms with Crippen molar-refractivity contribution in [2.75, 3.05) is 6.54 Å². The first-order valence-corrected chi connectivity index (χ1v) is 8.04. The summed E-state index contributed by atoms with van der Waals surface area (Å²) in [6.45, 7) is 3.49. The van der Waals surface area contributed by atoms with Crippen LogP contribution in [-0.4, -0.2) is 22.0 Å². The number of hydrogen-bond donors (Lipinski definition) is 1. The number of hydrogen-bond acceptors (Lipinski definition) is 2. The van der Waals surface area contributed by atoms with Crippen molar-refractivity contribution in [1.29, 1.82) is 0 Å². The van der Waals surface area contributed by atoms with Gasteiger partial charge in [0.05, 0.1) is 11.0 Å². The topological polar surface area (TPSA) is 46.9 Å². The minimum absolute atomic E-state index is 0.119. The number of para-hydroxylation sites is 2. The molecule has 0 saturated heterocycles. The molecule has 0 atom stereocenters. The van der Waals surface area contributed by atoms with E-state index in [4.69, 9.17) is 11.6 Å². The molecular formula is C18H18ClN3O. The predicted molar refractivity (Wildman–Crippen MR) is 92.9 cm³/mol. The third-order valence-electron chi connectivity index (χ3n) is 3.77. The van der Waals surface area contributed by atoms with Crippen LogP contribution in [-0.2, 0) is 13.0 Å². The van der Waals surface area contributed by atoms with Gasteiger partial charge in [-0.15, -0.1) is 0 Å². The minimum Gasteiger partial charge on any atom is -0.352 e. The van der Waals surface area contributed by atoms with Crippen molar-refractivity contribution in [3.63, 3.8) is 0 Å². The number of carbonyl (C=O) groups excluding carboxylic acids is 1. The van der Waals surface area contributed by atoms with Crippen LogP contribution in [0, 0.1) is 0 Å². The number of nitrogens with zero attached hydrogens (tertiary/aromatic N) is 2. The standard InChI is InChI=1S/C18H18ClN3O/c1-2-22-16-9-4-3-8-15(16)21-17(22)10-11-20-18(23)13-6-5-7-14(19)12-13/h3-9,12H,2,10-11H2,1H3,(H,20,23). The molecule has 2 aromatic carbocycles. The van der Waals surface area contributed by atoms with Crippen LogP contribution in [0.1, 0.15) is 23.1 Å². The van der Waals surface area contributed by atoms with E-state index in [0.717, 1.165) is 23.4 Å². The van der Waals surface area contributed by atoms with Gasteiger partial charge in [-0.05, 0) is 37.3 Å². The van der Waals surface area contributed by atoms with E-state index in [1.54, 1.807) is 24.3 Å². The molecule has 0 radical (unpaired) electrons. The molecule has 0 aliphatic carbocycles. The van der Waals surface area contributed by atoms with Gasteiger partial charge in [-0.3, -0.25) is 4.79 Å². The van der Waals surface area contributed by atoms with Gasteiger partial charge in [0.15, 0.2) is 0 Å². The number of benzene rings is 2. The van der Waals surface area contributed by atoms with Crippen molar-refractivity contribution in [3.8, 4) is 0 Å². The van der Waals surface area contributed by atoms with Crippen LogP contribution in [0.2, 0.25) is 5.02 Å². The van der Waals surface area contributed by atoms with E-state index in [1.807, 2.05) is 18.2 Å². The van der Waals surface area contributed by atoms with Gasteiger partial charge in [-0.25, -0.2) is 4.98 Å². The fourth-order valence-electron chi connectivity index (χ4n) is 2.69. The lowest BCUT2D eigenvalue weighted by Gasteiger charge is -2.08. The van der Waals surface area contributed by atoms with Crippen LogP contribution in [0.15, 0.2) is 48.5 Å². The molecule has 1 heterocycles. The summed E-state index contributed by atoms with van der Waals surface area (Å²) in [4.78, 5) is 16.8. The molecule has 0 saturated carbocycles. The van der Waals surface area contributed by atoms with E-state index >= 15 is 0 Å².